The van der Waals surface area contributed by atoms with E-state index in [0.29, 0.717) is 6.04 Å². The van der Waals surface area contributed by atoms with E-state index in [1.807, 2.05) is 30.6 Å². The normalized spacial score (nSPS) is 19.6. The van der Waals surface area contributed by atoms with Crippen LogP contribution in [0.15, 0.2) is 64.3 Å². The zero-order valence-corrected chi connectivity index (χ0v) is 14.3. The molecule has 3 aromatic rings. The lowest BCUT2D eigenvalue weighted by molar-refractivity contribution is 0.836. The van der Waals surface area contributed by atoms with Crippen molar-refractivity contribution in [2.45, 2.75) is 24.9 Å². The fourth-order valence-electron chi connectivity index (χ4n) is 3.00. The Kier molecular flexibility index (Phi) is 3.48. The maximum atomic E-state index is 5.14. The predicted molar refractivity (Wildman–Crippen MR) is 101 cm³/mol. The van der Waals surface area contributed by atoms with Gasteiger partial charge in [-0.1, -0.05) is 6.07 Å². The zero-order chi connectivity index (χ0) is 16.6. The van der Waals surface area contributed by atoms with E-state index in [1.165, 1.54) is 17.7 Å². The maximum absolute atomic E-state index is 5.14. The molecule has 0 aromatic carbocycles. The van der Waals surface area contributed by atoms with Crippen molar-refractivity contribution < 1.29 is 0 Å². The molecular formula is C19H17N5S. The van der Waals surface area contributed by atoms with E-state index in [-0.39, 0.29) is 6.04 Å². The number of nitrogens with zero attached hydrogens (tertiary/aromatic N) is 3. The molecule has 25 heavy (non-hydrogen) atoms. The summed E-state index contributed by atoms with van der Waals surface area (Å²) in [6, 6.07) is 10.6. The Morgan fingerprint density at radius 3 is 2.88 bits per heavy atom. The van der Waals surface area contributed by atoms with E-state index >= 15 is 0 Å². The standard InChI is InChI=1S/C19H17N5S/c1-3-14-16(12-7-9-20-11-12)23-17(15-4-2-10-25-15)19(22-13-5-6-13)24-18(14)21-8-1/h1-4,7-11,13,17,20H,5-6H2,(H,21,22,24). The fraction of sp³-hybridized carbons (Fsp3) is 0.211. The van der Waals surface area contributed by atoms with Crippen LogP contribution in [0.4, 0.5) is 5.82 Å². The van der Waals surface area contributed by atoms with Crippen LogP contribution >= 0.6 is 11.3 Å². The molecule has 5 nitrogen and oxygen atoms in total. The van der Waals surface area contributed by atoms with Crippen molar-refractivity contribution in [1.82, 2.24) is 15.3 Å². The first-order valence-corrected chi connectivity index (χ1v) is 9.31. The quantitative estimate of drug-likeness (QED) is 0.756. The van der Waals surface area contributed by atoms with E-state index in [4.69, 9.17) is 9.98 Å². The summed E-state index contributed by atoms with van der Waals surface area (Å²) >= 11 is 1.71. The summed E-state index contributed by atoms with van der Waals surface area (Å²) in [5, 5.41) is 5.67. The molecule has 1 aliphatic heterocycles. The first kappa shape index (κ1) is 14.6. The Morgan fingerprint density at radius 2 is 2.12 bits per heavy atom. The number of nitrogens with one attached hydrogen (secondary N) is 2. The van der Waals surface area contributed by atoms with E-state index in [9.17, 15) is 0 Å². The highest BCUT2D eigenvalue weighted by Crippen LogP contribution is 2.33. The summed E-state index contributed by atoms with van der Waals surface area (Å²) in [5.74, 6) is 1.63. The highest BCUT2D eigenvalue weighted by Gasteiger charge is 2.30. The van der Waals surface area contributed by atoms with Gasteiger partial charge in [0.1, 0.15) is 11.9 Å². The van der Waals surface area contributed by atoms with Gasteiger partial charge in [-0.25, -0.2) is 9.98 Å². The van der Waals surface area contributed by atoms with Gasteiger partial charge in [-0.2, -0.15) is 0 Å². The van der Waals surface area contributed by atoms with Crippen molar-refractivity contribution in [2.75, 3.05) is 0 Å². The lowest BCUT2D eigenvalue weighted by Crippen LogP contribution is -2.30. The second kappa shape index (κ2) is 5.97. The molecule has 0 bridgehead atoms. The molecule has 124 valence electrons. The van der Waals surface area contributed by atoms with Gasteiger partial charge in [0.05, 0.1) is 5.71 Å². The van der Waals surface area contributed by atoms with Crippen molar-refractivity contribution >= 4 is 28.7 Å². The number of amidine groups is 1. The minimum absolute atomic E-state index is 0.125. The topological polar surface area (TPSA) is 65.4 Å². The molecule has 0 radical (unpaired) electrons. The number of hydrogen-bond acceptors (Lipinski definition) is 5. The molecule has 4 heterocycles. The summed E-state index contributed by atoms with van der Waals surface area (Å²) in [6.45, 7) is 0. The molecule has 1 aliphatic carbocycles. The number of pyridine rings is 1. The zero-order valence-electron chi connectivity index (χ0n) is 13.5. The van der Waals surface area contributed by atoms with E-state index < -0.39 is 0 Å². The molecular weight excluding hydrogens is 330 g/mol. The number of H-pyrrole nitrogens is 1. The maximum Gasteiger partial charge on any atom is 0.163 e. The third-order valence-electron chi connectivity index (χ3n) is 4.40. The van der Waals surface area contributed by atoms with Gasteiger partial charge in [0.25, 0.3) is 0 Å². The van der Waals surface area contributed by atoms with Gasteiger partial charge in [0.2, 0.25) is 0 Å². The minimum Gasteiger partial charge on any atom is -0.369 e. The molecule has 6 heteroatoms. The molecule has 2 N–H and O–H groups in total. The van der Waals surface area contributed by atoms with Crippen molar-refractivity contribution in [3.8, 4) is 0 Å². The van der Waals surface area contributed by atoms with Crippen molar-refractivity contribution in [2.24, 2.45) is 9.98 Å². The molecule has 3 aromatic heterocycles. The number of thiophene rings is 1. The summed E-state index contributed by atoms with van der Waals surface area (Å²) in [7, 11) is 0. The van der Waals surface area contributed by atoms with E-state index in [0.717, 1.165) is 28.5 Å². The van der Waals surface area contributed by atoms with Crippen LogP contribution < -0.4 is 5.32 Å². The van der Waals surface area contributed by atoms with Crippen LogP contribution in [0.25, 0.3) is 0 Å². The largest absolute Gasteiger partial charge is 0.369 e. The van der Waals surface area contributed by atoms with Gasteiger partial charge >= 0.3 is 0 Å². The Labute approximate surface area is 149 Å². The molecule has 1 fully saturated rings. The summed E-state index contributed by atoms with van der Waals surface area (Å²) < 4.78 is 0. The van der Waals surface area contributed by atoms with Crippen molar-refractivity contribution in [3.63, 3.8) is 0 Å². The molecule has 5 rings (SSSR count). The second-order valence-electron chi connectivity index (χ2n) is 6.29. The summed E-state index contributed by atoms with van der Waals surface area (Å²) in [5.41, 5.74) is 2.95. The summed E-state index contributed by atoms with van der Waals surface area (Å²) in [6.07, 6.45) is 8.07. The Morgan fingerprint density at radius 1 is 1.16 bits per heavy atom. The van der Waals surface area contributed by atoms with Gasteiger partial charge in [0, 0.05) is 40.6 Å². The Bertz CT molecular complexity index is 936. The first-order chi connectivity index (χ1) is 12.4. The van der Waals surface area contributed by atoms with Crippen LogP contribution in [0.3, 0.4) is 0 Å². The van der Waals surface area contributed by atoms with Crippen LogP contribution in [-0.4, -0.2) is 27.6 Å². The van der Waals surface area contributed by atoms with Crippen LogP contribution in [0.2, 0.25) is 0 Å². The lowest BCUT2D eigenvalue weighted by Gasteiger charge is -2.15. The second-order valence-corrected chi connectivity index (χ2v) is 7.26. The predicted octanol–water partition coefficient (Wildman–Crippen LogP) is 3.85. The third-order valence-corrected chi connectivity index (χ3v) is 5.32. The van der Waals surface area contributed by atoms with Gasteiger partial charge < -0.3 is 10.3 Å². The van der Waals surface area contributed by atoms with Crippen LogP contribution in [0.1, 0.15) is 34.9 Å². The number of rotatable bonds is 3. The van der Waals surface area contributed by atoms with Gasteiger partial charge in [-0.3, -0.25) is 4.99 Å². The molecule has 1 unspecified atom stereocenters. The number of aromatic amines is 1. The highest BCUT2D eigenvalue weighted by atomic mass is 32.1. The molecule has 2 aliphatic rings. The van der Waals surface area contributed by atoms with Crippen molar-refractivity contribution in [1.29, 1.82) is 0 Å². The first-order valence-electron chi connectivity index (χ1n) is 8.43. The van der Waals surface area contributed by atoms with Gasteiger partial charge in [-0.15, -0.1) is 11.3 Å². The average Bonchev–Trinajstić information content (AvgIpc) is 3.11. The summed E-state index contributed by atoms with van der Waals surface area (Å²) in [4.78, 5) is 18.9. The van der Waals surface area contributed by atoms with E-state index in [1.54, 1.807) is 17.5 Å². The van der Waals surface area contributed by atoms with Gasteiger partial charge in [-0.05, 0) is 42.5 Å². The highest BCUT2D eigenvalue weighted by molar-refractivity contribution is 7.10. The monoisotopic (exact) mass is 347 g/mol. The Balaban J connectivity index is 1.71. The van der Waals surface area contributed by atoms with Crippen LogP contribution in [-0.2, 0) is 0 Å². The number of aliphatic imine (C=N–C) groups is 2. The molecule has 0 saturated heterocycles. The van der Waals surface area contributed by atoms with Crippen molar-refractivity contribution in [3.05, 3.63) is 70.3 Å². The Hall–Kier alpha value is -2.73. The smallest absolute Gasteiger partial charge is 0.163 e. The number of hydrogen-bond donors (Lipinski definition) is 2. The number of fused-ring (bicyclic) bond motifs is 1. The fourth-order valence-corrected chi connectivity index (χ4v) is 3.77. The molecule has 0 spiro atoms. The van der Waals surface area contributed by atoms with Crippen LogP contribution in [0.5, 0.6) is 0 Å². The minimum atomic E-state index is -0.125. The molecule has 1 saturated carbocycles. The van der Waals surface area contributed by atoms with E-state index in [2.05, 4.69) is 32.8 Å². The van der Waals surface area contributed by atoms with Gasteiger partial charge in [0.15, 0.2) is 5.82 Å². The molecule has 0 amide bonds. The third kappa shape index (κ3) is 2.78. The number of aromatic nitrogens is 2. The SMILES string of the molecule is c1csc(C2N=C(c3cc[nH]c3)c3cccnc3N=C2NC2CC2)c1. The lowest BCUT2D eigenvalue weighted by atomic mass is 10.1. The molecule has 1 atom stereocenters. The average molecular weight is 347 g/mol. The van der Waals surface area contributed by atoms with Crippen LogP contribution in [0, 0.1) is 0 Å².